The Bertz CT molecular complexity index is 910. The minimum Gasteiger partial charge on any atom is -0.375 e. The average molecular weight is 416 g/mol. The van der Waals surface area contributed by atoms with Crippen LogP contribution >= 0.6 is 0 Å². The number of sulfonamides is 1. The van der Waals surface area contributed by atoms with Crippen LogP contribution in [0.25, 0.3) is 0 Å². The quantitative estimate of drug-likeness (QED) is 0.673. The molecule has 0 radical (unpaired) electrons. The molecule has 1 aliphatic rings. The van der Waals surface area contributed by atoms with Gasteiger partial charge >= 0.3 is 0 Å². The van der Waals surface area contributed by atoms with E-state index in [1.54, 1.807) is 18.2 Å². The maximum atomic E-state index is 12.8. The number of piperidine rings is 1. The smallest absolute Gasteiger partial charge is 0.251 e. The number of anilines is 1. The van der Waals surface area contributed by atoms with Crippen molar-refractivity contribution in [1.29, 1.82) is 0 Å². The third-order valence-electron chi connectivity index (χ3n) is 5.20. The van der Waals surface area contributed by atoms with Crippen molar-refractivity contribution >= 4 is 21.6 Å². The van der Waals surface area contributed by atoms with E-state index in [2.05, 4.69) is 10.2 Å². The lowest BCUT2D eigenvalue weighted by molar-refractivity contribution is 0.0953. The molecule has 0 atom stereocenters. The lowest BCUT2D eigenvalue weighted by Gasteiger charge is -2.26. The molecule has 0 unspecified atom stereocenters. The Kier molecular flexibility index (Phi) is 7.28. The first-order chi connectivity index (χ1) is 14.0. The molecule has 0 saturated carbocycles. The fourth-order valence-corrected chi connectivity index (χ4v) is 5.05. The molecule has 7 heteroatoms. The number of para-hydroxylation sites is 1. The molecule has 156 valence electrons. The SMILES string of the molecule is CN(CCCNC(=O)c1cccc(S(=O)(=O)N2CCCCC2)c1)c1ccccc1. The topological polar surface area (TPSA) is 69.7 Å². The summed E-state index contributed by atoms with van der Waals surface area (Å²) < 4.78 is 27.2. The molecule has 0 bridgehead atoms. The van der Waals surface area contributed by atoms with Gasteiger partial charge < -0.3 is 10.2 Å². The van der Waals surface area contributed by atoms with E-state index in [9.17, 15) is 13.2 Å². The number of hydrogen-bond acceptors (Lipinski definition) is 4. The molecule has 1 heterocycles. The molecule has 2 aromatic rings. The van der Waals surface area contributed by atoms with Gasteiger partial charge in [0.25, 0.3) is 5.91 Å². The van der Waals surface area contributed by atoms with Crippen LogP contribution in [0.2, 0.25) is 0 Å². The molecule has 1 saturated heterocycles. The van der Waals surface area contributed by atoms with Crippen molar-refractivity contribution in [2.24, 2.45) is 0 Å². The van der Waals surface area contributed by atoms with E-state index in [-0.39, 0.29) is 10.8 Å². The summed E-state index contributed by atoms with van der Waals surface area (Å²) in [5.41, 5.74) is 1.51. The second kappa shape index (κ2) is 9.89. The van der Waals surface area contributed by atoms with Crippen molar-refractivity contribution in [3.8, 4) is 0 Å². The zero-order chi connectivity index (χ0) is 20.7. The van der Waals surface area contributed by atoms with Crippen LogP contribution in [-0.2, 0) is 10.0 Å². The van der Waals surface area contributed by atoms with E-state index in [1.165, 1.54) is 10.4 Å². The lowest BCUT2D eigenvalue weighted by atomic mass is 10.2. The van der Waals surface area contributed by atoms with Crippen LogP contribution in [-0.4, -0.2) is 51.9 Å². The van der Waals surface area contributed by atoms with Crippen LogP contribution in [0.5, 0.6) is 0 Å². The molecule has 3 rings (SSSR count). The minimum absolute atomic E-state index is 0.191. The van der Waals surface area contributed by atoms with Crippen LogP contribution < -0.4 is 10.2 Å². The molecular formula is C22H29N3O3S. The molecule has 6 nitrogen and oxygen atoms in total. The van der Waals surface area contributed by atoms with E-state index < -0.39 is 10.0 Å². The monoisotopic (exact) mass is 415 g/mol. The molecule has 1 fully saturated rings. The van der Waals surface area contributed by atoms with Crippen molar-refractivity contribution in [3.63, 3.8) is 0 Å². The molecule has 0 aromatic heterocycles. The number of carbonyl (C=O) groups is 1. The van der Waals surface area contributed by atoms with Gasteiger partial charge in [-0.3, -0.25) is 4.79 Å². The first-order valence-corrected chi connectivity index (χ1v) is 11.6. The number of hydrogen-bond donors (Lipinski definition) is 1. The molecule has 1 amide bonds. The van der Waals surface area contributed by atoms with E-state index >= 15 is 0 Å². The van der Waals surface area contributed by atoms with Crippen LogP contribution in [0.3, 0.4) is 0 Å². The summed E-state index contributed by atoms with van der Waals surface area (Å²) in [6.45, 7) is 2.44. The first kappa shape index (κ1) is 21.3. The fraction of sp³-hybridized carbons (Fsp3) is 0.409. The highest BCUT2D eigenvalue weighted by Crippen LogP contribution is 2.21. The van der Waals surface area contributed by atoms with Gasteiger partial charge in [0, 0.05) is 44.5 Å². The maximum Gasteiger partial charge on any atom is 0.251 e. The summed E-state index contributed by atoms with van der Waals surface area (Å²) >= 11 is 0. The molecule has 2 aromatic carbocycles. The number of nitrogens with zero attached hydrogens (tertiary/aromatic N) is 2. The van der Waals surface area contributed by atoms with Gasteiger partial charge in [0.15, 0.2) is 0 Å². The number of amides is 1. The Morgan fingerprint density at radius 3 is 2.48 bits per heavy atom. The third-order valence-corrected chi connectivity index (χ3v) is 7.10. The van der Waals surface area contributed by atoms with Gasteiger partial charge in [0.05, 0.1) is 4.90 Å². The molecule has 1 N–H and O–H groups in total. The zero-order valence-corrected chi connectivity index (χ0v) is 17.7. The fourth-order valence-electron chi connectivity index (χ4n) is 3.48. The first-order valence-electron chi connectivity index (χ1n) is 10.1. The highest BCUT2D eigenvalue weighted by atomic mass is 32.2. The Hall–Kier alpha value is -2.38. The van der Waals surface area contributed by atoms with Crippen LogP contribution in [0, 0.1) is 0 Å². The van der Waals surface area contributed by atoms with Crippen molar-refractivity contribution < 1.29 is 13.2 Å². The molecule has 0 aliphatic carbocycles. The predicted molar refractivity (Wildman–Crippen MR) is 116 cm³/mol. The molecular weight excluding hydrogens is 386 g/mol. The van der Waals surface area contributed by atoms with Crippen LogP contribution in [0.4, 0.5) is 5.69 Å². The van der Waals surface area contributed by atoms with Gasteiger partial charge in [-0.25, -0.2) is 8.42 Å². The Labute approximate surface area is 173 Å². The number of nitrogens with one attached hydrogen (secondary N) is 1. The van der Waals surface area contributed by atoms with Gasteiger partial charge in [-0.05, 0) is 49.6 Å². The summed E-state index contributed by atoms with van der Waals surface area (Å²) in [4.78, 5) is 14.8. The van der Waals surface area contributed by atoms with Crippen molar-refractivity contribution in [3.05, 3.63) is 60.2 Å². The van der Waals surface area contributed by atoms with Crippen molar-refractivity contribution in [2.45, 2.75) is 30.6 Å². The second-order valence-electron chi connectivity index (χ2n) is 7.36. The minimum atomic E-state index is -3.54. The largest absolute Gasteiger partial charge is 0.375 e. The highest BCUT2D eigenvalue weighted by Gasteiger charge is 2.26. The average Bonchev–Trinajstić information content (AvgIpc) is 2.77. The van der Waals surface area contributed by atoms with Crippen LogP contribution in [0.1, 0.15) is 36.0 Å². The number of carbonyl (C=O) groups excluding carboxylic acids is 1. The Morgan fingerprint density at radius 1 is 1.03 bits per heavy atom. The summed E-state index contributed by atoms with van der Waals surface area (Å²) in [6, 6.07) is 16.4. The standard InChI is InChI=1S/C22H29N3O3S/c1-24(20-11-4-2-5-12-20)15-9-14-23-22(26)19-10-8-13-21(18-19)29(27,28)25-16-6-3-7-17-25/h2,4-5,8,10-13,18H,3,6-7,9,14-17H2,1H3,(H,23,26). The van der Waals surface area contributed by atoms with Crippen molar-refractivity contribution in [1.82, 2.24) is 9.62 Å². The highest BCUT2D eigenvalue weighted by molar-refractivity contribution is 7.89. The van der Waals surface area contributed by atoms with Gasteiger partial charge in [-0.1, -0.05) is 30.7 Å². The number of rotatable bonds is 8. The van der Waals surface area contributed by atoms with E-state index in [0.717, 1.165) is 37.9 Å². The third kappa shape index (κ3) is 5.58. The van der Waals surface area contributed by atoms with Gasteiger partial charge in [-0.2, -0.15) is 4.31 Å². The van der Waals surface area contributed by atoms with Gasteiger partial charge in [0.2, 0.25) is 10.0 Å². The maximum absolute atomic E-state index is 12.8. The number of benzene rings is 2. The Balaban J connectivity index is 1.54. The zero-order valence-electron chi connectivity index (χ0n) is 16.9. The lowest BCUT2D eigenvalue weighted by Crippen LogP contribution is -2.35. The summed E-state index contributed by atoms with van der Waals surface area (Å²) in [5.74, 6) is -0.247. The van der Waals surface area contributed by atoms with E-state index in [1.807, 2.05) is 37.4 Å². The molecule has 29 heavy (non-hydrogen) atoms. The van der Waals surface area contributed by atoms with Gasteiger partial charge in [0.1, 0.15) is 0 Å². The summed E-state index contributed by atoms with van der Waals surface area (Å²) in [6.07, 6.45) is 3.63. The van der Waals surface area contributed by atoms with Crippen molar-refractivity contribution in [2.75, 3.05) is 38.1 Å². The second-order valence-corrected chi connectivity index (χ2v) is 9.30. The van der Waals surface area contributed by atoms with Crippen LogP contribution in [0.15, 0.2) is 59.5 Å². The Morgan fingerprint density at radius 2 is 1.76 bits per heavy atom. The molecule has 0 spiro atoms. The predicted octanol–water partition coefficient (Wildman–Crippen LogP) is 3.12. The molecule has 1 aliphatic heterocycles. The van der Waals surface area contributed by atoms with Gasteiger partial charge in [-0.15, -0.1) is 0 Å². The van der Waals surface area contributed by atoms with E-state index in [0.29, 0.717) is 25.2 Å². The summed E-state index contributed by atoms with van der Waals surface area (Å²) in [5, 5.41) is 2.89. The van der Waals surface area contributed by atoms with E-state index in [4.69, 9.17) is 0 Å². The normalized spacial score (nSPS) is 15.1. The summed E-state index contributed by atoms with van der Waals surface area (Å²) in [7, 11) is -1.52.